The third-order valence-electron chi connectivity index (χ3n) is 4.85. The van der Waals surface area contributed by atoms with Crippen LogP contribution in [0.5, 0.6) is 5.75 Å². The van der Waals surface area contributed by atoms with Crippen molar-refractivity contribution in [3.8, 4) is 17.5 Å². The Balaban J connectivity index is 1.43. The molecule has 0 atom stereocenters. The van der Waals surface area contributed by atoms with Crippen LogP contribution >= 0.6 is 0 Å². The summed E-state index contributed by atoms with van der Waals surface area (Å²) in [5, 5.41) is 16.4. The molecule has 0 aliphatic heterocycles. The minimum Gasteiger partial charge on any atom is -0.486 e. The molecule has 4 aromatic rings. The summed E-state index contributed by atoms with van der Waals surface area (Å²) in [5.41, 5.74) is 2.25. The van der Waals surface area contributed by atoms with Crippen molar-refractivity contribution in [1.82, 2.24) is 9.78 Å². The number of nitriles is 1. The highest BCUT2D eigenvalue weighted by molar-refractivity contribution is 6.02. The number of anilines is 1. The zero-order valence-electron chi connectivity index (χ0n) is 17.6. The Labute approximate surface area is 185 Å². The van der Waals surface area contributed by atoms with E-state index in [-0.39, 0.29) is 23.7 Å². The number of furan rings is 1. The molecule has 0 spiro atoms. The second-order valence-corrected chi connectivity index (χ2v) is 7.17. The van der Waals surface area contributed by atoms with Gasteiger partial charge in [0.2, 0.25) is 0 Å². The fraction of sp³-hybridized carbons (Fsp3) is 0.160. The molecule has 32 heavy (non-hydrogen) atoms. The number of carbonyl (C=O) groups excluding carboxylic acids is 1. The number of para-hydroxylation sites is 1. The molecule has 2 aromatic carbocycles. The lowest BCUT2D eigenvalue weighted by atomic mass is 10.1. The topological polar surface area (TPSA) is 93.1 Å². The Kier molecular flexibility index (Phi) is 6.33. The summed E-state index contributed by atoms with van der Waals surface area (Å²) in [6.07, 6.45) is 3.54. The lowest BCUT2D eigenvalue weighted by Crippen LogP contribution is -2.15. The summed E-state index contributed by atoms with van der Waals surface area (Å²) < 4.78 is 12.9. The molecular weight excluding hydrogens is 404 g/mol. The molecule has 2 heterocycles. The van der Waals surface area contributed by atoms with E-state index in [4.69, 9.17) is 9.15 Å². The van der Waals surface area contributed by atoms with Gasteiger partial charge < -0.3 is 14.5 Å². The van der Waals surface area contributed by atoms with Gasteiger partial charge in [-0.3, -0.25) is 4.79 Å². The van der Waals surface area contributed by atoms with Crippen LogP contribution in [0.25, 0.3) is 5.69 Å². The van der Waals surface area contributed by atoms with Crippen LogP contribution in [0, 0.1) is 11.3 Å². The van der Waals surface area contributed by atoms with Gasteiger partial charge in [0.1, 0.15) is 29.7 Å². The number of rotatable bonds is 8. The molecule has 160 valence electrons. The lowest BCUT2D eigenvalue weighted by molar-refractivity contribution is 0.0992. The van der Waals surface area contributed by atoms with Gasteiger partial charge in [0, 0.05) is 0 Å². The average molecular weight is 426 g/mol. The maximum absolute atomic E-state index is 12.8. The Morgan fingerprint density at radius 3 is 2.62 bits per heavy atom. The summed E-state index contributed by atoms with van der Waals surface area (Å²) in [7, 11) is 0. The van der Waals surface area contributed by atoms with E-state index in [9.17, 15) is 10.1 Å². The quantitative estimate of drug-likeness (QED) is 0.422. The zero-order chi connectivity index (χ0) is 22.3. The molecule has 0 aliphatic rings. The van der Waals surface area contributed by atoms with E-state index < -0.39 is 5.91 Å². The molecule has 2 aromatic heterocycles. The maximum atomic E-state index is 12.8. The number of carbonyl (C=O) groups is 1. The van der Waals surface area contributed by atoms with Gasteiger partial charge in [-0.15, -0.1) is 0 Å². The number of nitrogens with zero attached hydrogens (tertiary/aromatic N) is 3. The summed E-state index contributed by atoms with van der Waals surface area (Å²) in [6.45, 7) is 2.34. The van der Waals surface area contributed by atoms with E-state index in [0.29, 0.717) is 5.76 Å². The van der Waals surface area contributed by atoms with Crippen molar-refractivity contribution in [1.29, 1.82) is 5.26 Å². The molecule has 0 saturated carbocycles. The number of hydrogen-bond donors (Lipinski definition) is 1. The van der Waals surface area contributed by atoms with Crippen molar-refractivity contribution >= 4 is 11.7 Å². The molecule has 7 heteroatoms. The number of benzene rings is 2. The minimum absolute atomic E-state index is 0.117. The van der Waals surface area contributed by atoms with Crippen LogP contribution in [-0.2, 0) is 13.0 Å². The number of hydrogen-bond acceptors (Lipinski definition) is 5. The lowest BCUT2D eigenvalue weighted by Gasteiger charge is -2.08. The van der Waals surface area contributed by atoms with Crippen LogP contribution in [0.15, 0.2) is 77.3 Å². The maximum Gasteiger partial charge on any atom is 0.292 e. The van der Waals surface area contributed by atoms with Gasteiger partial charge in [-0.1, -0.05) is 43.7 Å². The number of nitrogens with one attached hydrogen (secondary N) is 1. The minimum atomic E-state index is -0.477. The van der Waals surface area contributed by atoms with E-state index in [2.05, 4.69) is 17.3 Å². The van der Waals surface area contributed by atoms with Crippen LogP contribution < -0.4 is 10.1 Å². The second-order valence-electron chi connectivity index (χ2n) is 7.17. The summed E-state index contributed by atoms with van der Waals surface area (Å²) in [6, 6.07) is 22.5. The summed E-state index contributed by atoms with van der Waals surface area (Å²) in [5.74, 6) is 1.17. The van der Waals surface area contributed by atoms with Crippen LogP contribution in [0.3, 0.4) is 0 Å². The first-order valence-electron chi connectivity index (χ1n) is 10.3. The Morgan fingerprint density at radius 1 is 1.12 bits per heavy atom. The fourth-order valence-electron chi connectivity index (χ4n) is 3.26. The molecule has 1 N–H and O–H groups in total. The first-order valence-corrected chi connectivity index (χ1v) is 10.3. The molecule has 0 unspecified atom stereocenters. The third-order valence-corrected chi connectivity index (χ3v) is 4.85. The smallest absolute Gasteiger partial charge is 0.292 e. The molecule has 0 fully saturated rings. The van der Waals surface area contributed by atoms with E-state index in [1.807, 2.05) is 60.7 Å². The molecule has 0 aliphatic carbocycles. The first-order chi connectivity index (χ1) is 15.7. The standard InChI is InChI=1S/C25H22N4O3/c1-2-6-18-9-11-21(12-10-18)31-17-22-13-14-23(32-22)25(30)28-24-19(15-26)16-27-29(24)20-7-4-3-5-8-20/h3-5,7-14,16H,2,6,17H2,1H3,(H,28,30). The monoisotopic (exact) mass is 426 g/mol. The van der Waals surface area contributed by atoms with Crippen molar-refractivity contribution in [2.75, 3.05) is 5.32 Å². The van der Waals surface area contributed by atoms with E-state index in [1.165, 1.54) is 16.4 Å². The van der Waals surface area contributed by atoms with Gasteiger partial charge >= 0.3 is 0 Å². The second kappa shape index (κ2) is 9.67. The number of amides is 1. The largest absolute Gasteiger partial charge is 0.486 e. The van der Waals surface area contributed by atoms with Crippen molar-refractivity contribution in [2.24, 2.45) is 0 Å². The normalized spacial score (nSPS) is 10.5. The van der Waals surface area contributed by atoms with Gasteiger partial charge in [0.15, 0.2) is 11.6 Å². The van der Waals surface area contributed by atoms with Crippen LogP contribution in [0.4, 0.5) is 5.82 Å². The predicted octanol–water partition coefficient (Wildman–Crippen LogP) is 5.12. The highest BCUT2D eigenvalue weighted by Gasteiger charge is 2.18. The Morgan fingerprint density at radius 2 is 1.91 bits per heavy atom. The summed E-state index contributed by atoms with van der Waals surface area (Å²) >= 11 is 0. The van der Waals surface area contributed by atoms with Gasteiger partial charge in [0.25, 0.3) is 5.91 Å². The number of aryl methyl sites for hydroxylation is 1. The van der Waals surface area contributed by atoms with E-state index >= 15 is 0 Å². The molecule has 0 radical (unpaired) electrons. The van der Waals surface area contributed by atoms with E-state index in [1.54, 1.807) is 12.1 Å². The van der Waals surface area contributed by atoms with Gasteiger partial charge in [0.05, 0.1) is 11.9 Å². The van der Waals surface area contributed by atoms with Crippen LogP contribution in [0.2, 0.25) is 0 Å². The predicted molar refractivity (Wildman–Crippen MR) is 120 cm³/mol. The Bertz CT molecular complexity index is 1230. The van der Waals surface area contributed by atoms with Crippen molar-refractivity contribution in [3.05, 3.63) is 95.6 Å². The number of ether oxygens (including phenoxy) is 1. The van der Waals surface area contributed by atoms with Gasteiger partial charge in [-0.05, 0) is 48.4 Å². The van der Waals surface area contributed by atoms with Crippen molar-refractivity contribution < 1.29 is 13.9 Å². The summed E-state index contributed by atoms with van der Waals surface area (Å²) in [4.78, 5) is 12.8. The molecule has 4 rings (SSSR count). The third kappa shape index (κ3) is 4.71. The van der Waals surface area contributed by atoms with Crippen LogP contribution in [0.1, 0.15) is 40.8 Å². The van der Waals surface area contributed by atoms with Gasteiger partial charge in [-0.25, -0.2) is 4.68 Å². The fourth-order valence-corrected chi connectivity index (χ4v) is 3.26. The zero-order valence-corrected chi connectivity index (χ0v) is 17.6. The highest BCUT2D eigenvalue weighted by Crippen LogP contribution is 2.21. The number of aromatic nitrogens is 2. The molecule has 7 nitrogen and oxygen atoms in total. The van der Waals surface area contributed by atoms with Gasteiger partial charge in [-0.2, -0.15) is 10.4 Å². The SMILES string of the molecule is CCCc1ccc(OCc2ccc(C(=O)Nc3c(C#N)cnn3-c3ccccc3)o2)cc1. The molecule has 1 amide bonds. The molecule has 0 bridgehead atoms. The first kappa shape index (κ1) is 20.9. The molecule has 0 saturated heterocycles. The Hall–Kier alpha value is -4.31. The van der Waals surface area contributed by atoms with Crippen molar-refractivity contribution in [3.63, 3.8) is 0 Å². The van der Waals surface area contributed by atoms with Crippen LogP contribution in [-0.4, -0.2) is 15.7 Å². The average Bonchev–Trinajstić information content (AvgIpc) is 3.46. The highest BCUT2D eigenvalue weighted by atomic mass is 16.5. The molecular formula is C25H22N4O3. The van der Waals surface area contributed by atoms with E-state index in [0.717, 1.165) is 24.3 Å². The van der Waals surface area contributed by atoms with Crippen molar-refractivity contribution in [2.45, 2.75) is 26.4 Å².